The second kappa shape index (κ2) is 9.46. The van der Waals surface area contributed by atoms with E-state index in [9.17, 15) is 9.59 Å². The molecule has 0 saturated carbocycles. The Balaban J connectivity index is 2.00. The molecular formula is C23H27Cl2N5O2. The van der Waals surface area contributed by atoms with E-state index in [1.807, 2.05) is 13.8 Å². The van der Waals surface area contributed by atoms with Gasteiger partial charge >= 0.3 is 0 Å². The van der Waals surface area contributed by atoms with Gasteiger partial charge < -0.3 is 20.9 Å². The van der Waals surface area contributed by atoms with E-state index in [1.165, 1.54) is 4.90 Å². The summed E-state index contributed by atoms with van der Waals surface area (Å²) >= 11 is 12.3. The average Bonchev–Trinajstić information content (AvgIpc) is 2.71. The minimum absolute atomic E-state index is 0.184. The number of carbonyl (C=O) groups excluding carboxylic acids is 2. The van der Waals surface area contributed by atoms with Crippen molar-refractivity contribution in [3.05, 3.63) is 51.8 Å². The molecule has 0 unspecified atom stereocenters. The zero-order chi connectivity index (χ0) is 23.6. The molecular weight excluding hydrogens is 449 g/mol. The van der Waals surface area contributed by atoms with Crippen LogP contribution in [-0.2, 0) is 4.79 Å². The molecule has 1 fully saturated rings. The van der Waals surface area contributed by atoms with E-state index in [1.54, 1.807) is 44.2 Å². The topological polar surface area (TPSA) is 98.2 Å². The first-order chi connectivity index (χ1) is 15.0. The van der Waals surface area contributed by atoms with E-state index in [-0.39, 0.29) is 23.4 Å². The molecule has 32 heavy (non-hydrogen) atoms. The zero-order valence-electron chi connectivity index (χ0n) is 18.6. The summed E-state index contributed by atoms with van der Waals surface area (Å²) in [6.45, 7) is 8.22. The van der Waals surface area contributed by atoms with Crippen molar-refractivity contribution in [2.45, 2.75) is 39.7 Å². The van der Waals surface area contributed by atoms with E-state index in [4.69, 9.17) is 28.6 Å². The molecule has 2 heterocycles. The Morgan fingerprint density at radius 2 is 1.94 bits per heavy atom. The number of nitrogens with one attached hydrogen (secondary N) is 3. The van der Waals surface area contributed by atoms with Crippen molar-refractivity contribution in [1.82, 2.24) is 15.2 Å². The molecule has 0 spiro atoms. The highest BCUT2D eigenvalue weighted by atomic mass is 35.5. The molecule has 0 atom stereocenters. The van der Waals surface area contributed by atoms with Gasteiger partial charge in [0.15, 0.2) is 0 Å². The van der Waals surface area contributed by atoms with Crippen molar-refractivity contribution >= 4 is 52.1 Å². The van der Waals surface area contributed by atoms with Gasteiger partial charge in [0.2, 0.25) is 5.91 Å². The van der Waals surface area contributed by atoms with Gasteiger partial charge in [-0.2, -0.15) is 0 Å². The van der Waals surface area contributed by atoms with Gasteiger partial charge in [-0.05, 0) is 56.5 Å². The summed E-state index contributed by atoms with van der Waals surface area (Å²) in [6, 6.07) is 8.40. The molecule has 1 aliphatic heterocycles. The first-order valence-electron chi connectivity index (χ1n) is 10.4. The number of hydrogen-bond donors (Lipinski definition) is 3. The summed E-state index contributed by atoms with van der Waals surface area (Å²) in [5.74, 6) is -0.319. The SMILES string of the molecule is CC(C)CC(=N)c1nc(C(=O)N2CCNC(=O)C2(C)C)ccc1Nc1ccc(Cl)cc1Cl. The Hall–Kier alpha value is -2.64. The fraction of sp³-hybridized carbons (Fsp3) is 0.391. The van der Waals surface area contributed by atoms with E-state index in [2.05, 4.69) is 15.6 Å². The molecule has 7 nitrogen and oxygen atoms in total. The van der Waals surface area contributed by atoms with Crippen molar-refractivity contribution in [2.24, 2.45) is 5.92 Å². The molecule has 3 rings (SSSR count). The number of piperazine rings is 1. The number of hydrogen-bond acceptors (Lipinski definition) is 5. The van der Waals surface area contributed by atoms with E-state index in [0.717, 1.165) is 0 Å². The standard InChI is InChI=1S/C23H27Cl2N5O2/c1-13(2)11-16(26)20-18(28-17-6-5-14(24)12-15(17)25)7-8-19(29-20)21(31)30-10-9-27-22(32)23(30,3)4/h5-8,12-13,26,28H,9-11H2,1-4H3,(H,27,32). The van der Waals surface area contributed by atoms with Crippen LogP contribution in [0.15, 0.2) is 30.3 Å². The molecule has 2 amide bonds. The number of rotatable bonds is 6. The number of aromatic nitrogens is 1. The highest BCUT2D eigenvalue weighted by molar-refractivity contribution is 6.36. The second-order valence-electron chi connectivity index (χ2n) is 8.69. The molecule has 3 N–H and O–H groups in total. The quantitative estimate of drug-likeness (QED) is 0.517. The van der Waals surface area contributed by atoms with Crippen LogP contribution < -0.4 is 10.6 Å². The van der Waals surface area contributed by atoms with Crippen LogP contribution in [0.2, 0.25) is 10.0 Å². The largest absolute Gasteiger partial charge is 0.352 e. The van der Waals surface area contributed by atoms with Crippen LogP contribution in [0.4, 0.5) is 11.4 Å². The first kappa shape index (κ1) is 24.0. The molecule has 0 aliphatic carbocycles. The summed E-state index contributed by atoms with van der Waals surface area (Å²) in [5.41, 5.74) is 1.05. The van der Waals surface area contributed by atoms with Gasteiger partial charge in [0.25, 0.3) is 5.91 Å². The predicted molar refractivity (Wildman–Crippen MR) is 128 cm³/mol. The number of halogens is 2. The third-order valence-electron chi connectivity index (χ3n) is 5.31. The first-order valence-corrected chi connectivity index (χ1v) is 11.2. The maximum atomic E-state index is 13.3. The molecule has 0 radical (unpaired) electrons. The minimum Gasteiger partial charge on any atom is -0.352 e. The van der Waals surface area contributed by atoms with E-state index < -0.39 is 5.54 Å². The summed E-state index contributed by atoms with van der Waals surface area (Å²) in [5, 5.41) is 15.5. The van der Waals surface area contributed by atoms with Gasteiger partial charge in [0.05, 0.1) is 22.1 Å². The van der Waals surface area contributed by atoms with Gasteiger partial charge in [-0.1, -0.05) is 37.0 Å². The lowest BCUT2D eigenvalue weighted by molar-refractivity contribution is -0.133. The van der Waals surface area contributed by atoms with Crippen LogP contribution in [0.3, 0.4) is 0 Å². The Kier molecular flexibility index (Phi) is 7.10. The van der Waals surface area contributed by atoms with Gasteiger partial charge in [-0.15, -0.1) is 0 Å². The van der Waals surface area contributed by atoms with Crippen LogP contribution in [0.5, 0.6) is 0 Å². The molecule has 0 bridgehead atoms. The number of carbonyl (C=O) groups is 2. The van der Waals surface area contributed by atoms with Gasteiger partial charge in [-0.3, -0.25) is 9.59 Å². The number of anilines is 2. The van der Waals surface area contributed by atoms with Crippen LogP contribution in [0, 0.1) is 11.3 Å². The lowest BCUT2D eigenvalue weighted by Gasteiger charge is -2.41. The van der Waals surface area contributed by atoms with Gasteiger partial charge in [0.1, 0.15) is 16.9 Å². The van der Waals surface area contributed by atoms with E-state index in [0.29, 0.717) is 52.3 Å². The average molecular weight is 476 g/mol. The summed E-state index contributed by atoms with van der Waals surface area (Å²) in [7, 11) is 0. The predicted octanol–water partition coefficient (Wildman–Crippen LogP) is 4.90. The normalized spacial score (nSPS) is 15.5. The molecule has 9 heteroatoms. The molecule has 170 valence electrons. The van der Waals surface area contributed by atoms with E-state index >= 15 is 0 Å². The van der Waals surface area contributed by atoms with Gasteiger partial charge in [-0.25, -0.2) is 4.98 Å². The van der Waals surface area contributed by atoms with Crippen LogP contribution in [0.25, 0.3) is 0 Å². The van der Waals surface area contributed by atoms with Crippen molar-refractivity contribution in [3.8, 4) is 0 Å². The maximum Gasteiger partial charge on any atom is 0.273 e. The summed E-state index contributed by atoms with van der Waals surface area (Å²) < 4.78 is 0. The van der Waals surface area contributed by atoms with Crippen molar-refractivity contribution in [3.63, 3.8) is 0 Å². The maximum absolute atomic E-state index is 13.3. The summed E-state index contributed by atoms with van der Waals surface area (Å²) in [4.78, 5) is 31.6. The molecule has 1 aromatic heterocycles. The summed E-state index contributed by atoms with van der Waals surface area (Å²) in [6.07, 6.45) is 0.491. The molecule has 1 aromatic carbocycles. The number of pyridine rings is 1. The Bertz CT molecular complexity index is 1070. The van der Waals surface area contributed by atoms with Crippen LogP contribution in [0.1, 0.15) is 50.3 Å². The van der Waals surface area contributed by atoms with Crippen LogP contribution >= 0.6 is 23.2 Å². The fourth-order valence-corrected chi connectivity index (χ4v) is 4.00. The lowest BCUT2D eigenvalue weighted by atomic mass is 9.98. The Labute approximate surface area is 198 Å². The van der Waals surface area contributed by atoms with Crippen molar-refractivity contribution in [2.75, 3.05) is 18.4 Å². The third-order valence-corrected chi connectivity index (χ3v) is 5.86. The third kappa shape index (κ3) is 5.05. The highest BCUT2D eigenvalue weighted by Crippen LogP contribution is 2.30. The monoisotopic (exact) mass is 475 g/mol. The Morgan fingerprint density at radius 1 is 1.25 bits per heavy atom. The smallest absolute Gasteiger partial charge is 0.273 e. The van der Waals surface area contributed by atoms with Crippen molar-refractivity contribution < 1.29 is 9.59 Å². The number of amides is 2. The number of benzene rings is 1. The van der Waals surface area contributed by atoms with Gasteiger partial charge in [0, 0.05) is 18.1 Å². The molecule has 2 aromatic rings. The Morgan fingerprint density at radius 3 is 2.59 bits per heavy atom. The zero-order valence-corrected chi connectivity index (χ0v) is 20.1. The van der Waals surface area contributed by atoms with Crippen LogP contribution in [-0.4, -0.2) is 46.0 Å². The van der Waals surface area contributed by atoms with Crippen molar-refractivity contribution in [1.29, 1.82) is 5.41 Å². The molecule has 1 saturated heterocycles. The lowest BCUT2D eigenvalue weighted by Crippen LogP contribution is -2.63. The highest BCUT2D eigenvalue weighted by Gasteiger charge is 2.41. The fourth-order valence-electron chi connectivity index (χ4n) is 3.54. The second-order valence-corrected chi connectivity index (χ2v) is 9.53. The molecule has 1 aliphatic rings. The minimum atomic E-state index is -0.990. The number of nitrogens with zero attached hydrogens (tertiary/aromatic N) is 2.